The molecular formula is C11H15ClN2O3. The molecule has 1 aromatic rings. The summed E-state index contributed by atoms with van der Waals surface area (Å²) in [6.45, 7) is 5.87. The molecule has 0 bridgehead atoms. The molecule has 1 heterocycles. The molecule has 6 heteroatoms. The normalized spacial score (nSPS) is 13.5. The number of methoxy groups -OCH3 is 1. The number of halogens is 1. The number of rotatable bonds is 3. The van der Waals surface area contributed by atoms with Gasteiger partial charge >= 0.3 is 5.97 Å². The van der Waals surface area contributed by atoms with E-state index in [0.717, 1.165) is 0 Å². The Morgan fingerprint density at radius 1 is 1.53 bits per heavy atom. The van der Waals surface area contributed by atoms with Crippen LogP contribution in [-0.4, -0.2) is 28.2 Å². The van der Waals surface area contributed by atoms with E-state index in [-0.39, 0.29) is 16.1 Å². The van der Waals surface area contributed by atoms with Crippen LogP contribution in [0.15, 0.2) is 6.20 Å². The maximum Gasteiger partial charge on any atom is 0.356 e. The van der Waals surface area contributed by atoms with Crippen LogP contribution in [-0.2, 0) is 4.74 Å². The van der Waals surface area contributed by atoms with Crippen molar-refractivity contribution in [2.24, 2.45) is 5.41 Å². The summed E-state index contributed by atoms with van der Waals surface area (Å²) in [6, 6.07) is 0. The van der Waals surface area contributed by atoms with E-state index in [4.69, 9.17) is 21.4 Å². The number of carboxylic acids is 1. The van der Waals surface area contributed by atoms with E-state index in [1.807, 2.05) is 20.8 Å². The van der Waals surface area contributed by atoms with E-state index in [2.05, 4.69) is 9.97 Å². The van der Waals surface area contributed by atoms with Crippen molar-refractivity contribution in [1.82, 2.24) is 9.97 Å². The van der Waals surface area contributed by atoms with Crippen LogP contribution in [0, 0.1) is 5.41 Å². The zero-order valence-electron chi connectivity index (χ0n) is 10.2. The standard InChI is InChI=1S/C11H15ClN2O3/c1-11(2,3)8(17-4)9-13-5-6(12)7(14-9)10(15)16/h5,8H,1-4H3,(H,15,16). The molecule has 0 spiro atoms. The minimum absolute atomic E-state index is 0.0185. The van der Waals surface area contributed by atoms with Crippen molar-refractivity contribution in [2.45, 2.75) is 26.9 Å². The van der Waals surface area contributed by atoms with E-state index in [9.17, 15) is 4.79 Å². The topological polar surface area (TPSA) is 72.3 Å². The summed E-state index contributed by atoms with van der Waals surface area (Å²) >= 11 is 5.71. The average Bonchev–Trinajstić information content (AvgIpc) is 2.19. The van der Waals surface area contributed by atoms with Crippen molar-refractivity contribution in [3.63, 3.8) is 0 Å². The third kappa shape index (κ3) is 3.14. The van der Waals surface area contributed by atoms with Crippen molar-refractivity contribution < 1.29 is 14.6 Å². The van der Waals surface area contributed by atoms with E-state index in [1.165, 1.54) is 13.3 Å². The van der Waals surface area contributed by atoms with Crippen molar-refractivity contribution in [1.29, 1.82) is 0 Å². The number of hydrogen-bond donors (Lipinski definition) is 1. The van der Waals surface area contributed by atoms with Gasteiger partial charge < -0.3 is 9.84 Å². The van der Waals surface area contributed by atoms with Gasteiger partial charge in [0.05, 0.1) is 11.2 Å². The highest BCUT2D eigenvalue weighted by atomic mass is 35.5. The minimum Gasteiger partial charge on any atom is -0.476 e. The van der Waals surface area contributed by atoms with Gasteiger partial charge in [-0.05, 0) is 5.41 Å². The van der Waals surface area contributed by atoms with Gasteiger partial charge in [0.1, 0.15) is 6.10 Å². The first-order valence-corrected chi connectivity index (χ1v) is 5.43. The molecule has 0 saturated heterocycles. The Kier molecular flexibility index (Phi) is 4.06. The van der Waals surface area contributed by atoms with Crippen molar-refractivity contribution in [2.75, 3.05) is 7.11 Å². The van der Waals surface area contributed by atoms with Crippen molar-refractivity contribution >= 4 is 17.6 Å². The highest BCUT2D eigenvalue weighted by Gasteiger charge is 2.29. The fourth-order valence-corrected chi connectivity index (χ4v) is 1.68. The van der Waals surface area contributed by atoms with Gasteiger partial charge in [0, 0.05) is 7.11 Å². The van der Waals surface area contributed by atoms with Gasteiger partial charge in [-0.3, -0.25) is 0 Å². The van der Waals surface area contributed by atoms with Gasteiger partial charge in [0.15, 0.2) is 11.5 Å². The number of aromatic nitrogens is 2. The van der Waals surface area contributed by atoms with Crippen LogP contribution in [0.1, 0.15) is 43.2 Å². The predicted octanol–water partition coefficient (Wildman–Crippen LogP) is 2.56. The molecule has 0 aliphatic heterocycles. The molecule has 0 amide bonds. The zero-order chi connectivity index (χ0) is 13.2. The number of carbonyl (C=O) groups is 1. The lowest BCUT2D eigenvalue weighted by Gasteiger charge is -2.27. The largest absolute Gasteiger partial charge is 0.476 e. The number of aromatic carboxylic acids is 1. The lowest BCUT2D eigenvalue weighted by molar-refractivity contribution is 0.00839. The molecule has 0 aliphatic rings. The second kappa shape index (κ2) is 4.98. The number of ether oxygens (including phenoxy) is 1. The second-order valence-corrected chi connectivity index (χ2v) is 5.12. The molecular weight excluding hydrogens is 244 g/mol. The Balaban J connectivity index is 3.23. The summed E-state index contributed by atoms with van der Waals surface area (Å²) < 4.78 is 5.31. The summed E-state index contributed by atoms with van der Waals surface area (Å²) in [5.41, 5.74) is -0.443. The Morgan fingerprint density at radius 3 is 2.53 bits per heavy atom. The fourth-order valence-electron chi connectivity index (χ4n) is 1.50. The number of nitrogens with zero attached hydrogens (tertiary/aromatic N) is 2. The monoisotopic (exact) mass is 258 g/mol. The molecule has 1 atom stereocenters. The molecule has 0 fully saturated rings. The predicted molar refractivity (Wildman–Crippen MR) is 63.2 cm³/mol. The smallest absolute Gasteiger partial charge is 0.356 e. The highest BCUT2D eigenvalue weighted by Crippen LogP contribution is 2.33. The molecule has 5 nitrogen and oxygen atoms in total. The van der Waals surface area contributed by atoms with E-state index in [0.29, 0.717) is 5.82 Å². The molecule has 0 saturated carbocycles. The summed E-state index contributed by atoms with van der Waals surface area (Å²) in [5, 5.41) is 8.95. The van der Waals surface area contributed by atoms with Crippen LogP contribution in [0.2, 0.25) is 5.02 Å². The van der Waals surface area contributed by atoms with Crippen LogP contribution in [0.4, 0.5) is 0 Å². The summed E-state index contributed by atoms with van der Waals surface area (Å²) in [5.74, 6) is -0.857. The molecule has 0 radical (unpaired) electrons. The molecule has 1 rings (SSSR count). The van der Waals surface area contributed by atoms with Crippen molar-refractivity contribution in [3.05, 3.63) is 22.7 Å². The Labute approximate surface area is 105 Å². The van der Waals surface area contributed by atoms with E-state index < -0.39 is 12.1 Å². The van der Waals surface area contributed by atoms with Gasteiger partial charge in [-0.1, -0.05) is 32.4 Å². The summed E-state index contributed by atoms with van der Waals surface area (Å²) in [7, 11) is 1.54. The Bertz CT molecular complexity index is 429. The second-order valence-electron chi connectivity index (χ2n) is 4.71. The number of hydrogen-bond acceptors (Lipinski definition) is 4. The lowest BCUT2D eigenvalue weighted by Crippen LogP contribution is -2.23. The maximum atomic E-state index is 10.9. The first-order chi connectivity index (χ1) is 7.77. The Hall–Kier alpha value is -1.20. The highest BCUT2D eigenvalue weighted by molar-refractivity contribution is 6.33. The molecule has 0 aromatic carbocycles. The van der Waals surface area contributed by atoms with Crippen LogP contribution in [0.5, 0.6) is 0 Å². The van der Waals surface area contributed by atoms with Gasteiger partial charge in [-0.15, -0.1) is 0 Å². The first-order valence-electron chi connectivity index (χ1n) is 5.06. The zero-order valence-corrected chi connectivity index (χ0v) is 10.9. The quantitative estimate of drug-likeness (QED) is 0.902. The summed E-state index contributed by atoms with van der Waals surface area (Å²) in [4.78, 5) is 18.9. The third-order valence-corrected chi connectivity index (χ3v) is 2.50. The third-order valence-electron chi connectivity index (χ3n) is 2.22. The fraction of sp³-hybridized carbons (Fsp3) is 0.545. The van der Waals surface area contributed by atoms with Crippen LogP contribution in [0.3, 0.4) is 0 Å². The average molecular weight is 259 g/mol. The van der Waals surface area contributed by atoms with E-state index >= 15 is 0 Å². The Morgan fingerprint density at radius 2 is 2.12 bits per heavy atom. The molecule has 1 aromatic heterocycles. The maximum absolute atomic E-state index is 10.9. The molecule has 94 valence electrons. The molecule has 0 aliphatic carbocycles. The van der Waals surface area contributed by atoms with Crippen LogP contribution >= 0.6 is 11.6 Å². The molecule has 1 unspecified atom stereocenters. The van der Waals surface area contributed by atoms with E-state index in [1.54, 1.807) is 0 Å². The summed E-state index contributed by atoms with van der Waals surface area (Å²) in [6.07, 6.45) is 0.892. The van der Waals surface area contributed by atoms with Gasteiger partial charge in [-0.25, -0.2) is 14.8 Å². The number of carboxylic acid groups (broad SMARTS) is 1. The molecule has 1 N–H and O–H groups in total. The van der Waals surface area contributed by atoms with Gasteiger partial charge in [0.25, 0.3) is 0 Å². The molecule has 17 heavy (non-hydrogen) atoms. The van der Waals surface area contributed by atoms with Crippen molar-refractivity contribution in [3.8, 4) is 0 Å². The van der Waals surface area contributed by atoms with Gasteiger partial charge in [-0.2, -0.15) is 0 Å². The SMILES string of the molecule is COC(c1ncc(Cl)c(C(=O)O)n1)C(C)(C)C. The van der Waals surface area contributed by atoms with Crippen LogP contribution < -0.4 is 0 Å². The van der Waals surface area contributed by atoms with Gasteiger partial charge in [0.2, 0.25) is 0 Å². The minimum atomic E-state index is -1.18. The lowest BCUT2D eigenvalue weighted by atomic mass is 9.88. The van der Waals surface area contributed by atoms with Crippen LogP contribution in [0.25, 0.3) is 0 Å². The first kappa shape index (κ1) is 13.9.